The molecule has 3 heterocycles. The van der Waals surface area contributed by atoms with Crippen LogP contribution in [0.3, 0.4) is 0 Å². The molecule has 0 amide bonds. The molecule has 2 aromatic heterocycles. The third-order valence-electron chi connectivity index (χ3n) is 5.53. The number of fused-ring (bicyclic) bond motifs is 1. The van der Waals surface area contributed by atoms with Crippen LogP contribution in [0, 0.1) is 0 Å². The van der Waals surface area contributed by atoms with Crippen LogP contribution in [0.25, 0.3) is 22.4 Å². The lowest BCUT2D eigenvalue weighted by Crippen LogP contribution is -2.47. The molecule has 2 aromatic carbocycles. The number of pyridine rings is 1. The van der Waals surface area contributed by atoms with Gasteiger partial charge in [-0.15, -0.1) is 0 Å². The van der Waals surface area contributed by atoms with Crippen molar-refractivity contribution in [2.45, 2.75) is 0 Å². The fourth-order valence-electron chi connectivity index (χ4n) is 3.81. The van der Waals surface area contributed by atoms with E-state index in [0.29, 0.717) is 6.61 Å². The van der Waals surface area contributed by atoms with Crippen molar-refractivity contribution in [1.82, 2.24) is 19.9 Å². The summed E-state index contributed by atoms with van der Waals surface area (Å²) < 4.78 is 5.82. The smallest absolute Gasteiger partial charge is 0.140 e. The standard InChI is InChI=1S/C24H25N5O/c1-2-6-20(7-3-1)30-17-16-28-12-14-29(15-13-28)23-11-10-19(18-25-23)24-26-21-8-4-5-9-22(21)27-24/h1-11,18H,12-17H2,(H,26,27). The Kier molecular flexibility index (Phi) is 5.31. The minimum Gasteiger partial charge on any atom is -0.492 e. The molecular formula is C24H25N5O. The molecule has 6 nitrogen and oxygen atoms in total. The number of benzene rings is 2. The van der Waals surface area contributed by atoms with Crippen LogP contribution < -0.4 is 9.64 Å². The molecule has 1 saturated heterocycles. The number of hydrogen-bond acceptors (Lipinski definition) is 5. The Bertz CT molecular complexity index is 1050. The van der Waals surface area contributed by atoms with Gasteiger partial charge in [0.15, 0.2) is 0 Å². The molecule has 0 bridgehead atoms. The summed E-state index contributed by atoms with van der Waals surface area (Å²) in [5, 5.41) is 0. The third kappa shape index (κ3) is 4.14. The molecule has 30 heavy (non-hydrogen) atoms. The molecule has 0 unspecified atom stereocenters. The average Bonchev–Trinajstić information content (AvgIpc) is 3.25. The first-order valence-electron chi connectivity index (χ1n) is 10.4. The summed E-state index contributed by atoms with van der Waals surface area (Å²) in [6.07, 6.45) is 1.91. The van der Waals surface area contributed by atoms with Gasteiger partial charge in [-0.3, -0.25) is 4.90 Å². The van der Waals surface area contributed by atoms with Crippen LogP contribution in [0.15, 0.2) is 72.9 Å². The lowest BCUT2D eigenvalue weighted by molar-refractivity contribution is 0.200. The zero-order valence-electron chi connectivity index (χ0n) is 16.9. The summed E-state index contributed by atoms with van der Waals surface area (Å²) in [6.45, 7) is 5.65. The highest BCUT2D eigenvalue weighted by Crippen LogP contribution is 2.22. The molecule has 1 aliphatic rings. The van der Waals surface area contributed by atoms with E-state index in [9.17, 15) is 0 Å². The van der Waals surface area contributed by atoms with Gasteiger partial charge in [0.2, 0.25) is 0 Å². The van der Waals surface area contributed by atoms with Crippen LogP contribution in [-0.4, -0.2) is 59.2 Å². The maximum Gasteiger partial charge on any atom is 0.140 e. The van der Waals surface area contributed by atoms with Crippen molar-refractivity contribution < 1.29 is 4.74 Å². The number of nitrogens with one attached hydrogen (secondary N) is 1. The van der Waals surface area contributed by atoms with Gasteiger partial charge in [0, 0.05) is 44.5 Å². The molecule has 0 atom stereocenters. The maximum absolute atomic E-state index is 5.82. The number of hydrogen-bond donors (Lipinski definition) is 1. The molecule has 0 radical (unpaired) electrons. The van der Waals surface area contributed by atoms with Gasteiger partial charge in [0.25, 0.3) is 0 Å². The molecule has 5 rings (SSSR count). The van der Waals surface area contributed by atoms with Gasteiger partial charge in [-0.25, -0.2) is 9.97 Å². The van der Waals surface area contributed by atoms with E-state index in [-0.39, 0.29) is 0 Å². The number of para-hydroxylation sites is 3. The lowest BCUT2D eigenvalue weighted by Gasteiger charge is -2.35. The zero-order valence-corrected chi connectivity index (χ0v) is 16.9. The number of imidazole rings is 1. The molecule has 6 heteroatoms. The first-order valence-corrected chi connectivity index (χ1v) is 10.4. The van der Waals surface area contributed by atoms with E-state index in [4.69, 9.17) is 9.72 Å². The zero-order chi connectivity index (χ0) is 20.2. The second-order valence-corrected chi connectivity index (χ2v) is 7.50. The summed E-state index contributed by atoms with van der Waals surface area (Å²) in [5.74, 6) is 2.82. The predicted molar refractivity (Wildman–Crippen MR) is 120 cm³/mol. The Balaban J connectivity index is 1.14. The second-order valence-electron chi connectivity index (χ2n) is 7.50. The highest BCUT2D eigenvalue weighted by atomic mass is 16.5. The summed E-state index contributed by atoms with van der Waals surface area (Å²) in [5.41, 5.74) is 3.03. The first-order chi connectivity index (χ1) is 14.8. The van der Waals surface area contributed by atoms with Crippen molar-refractivity contribution in [1.29, 1.82) is 0 Å². The third-order valence-corrected chi connectivity index (χ3v) is 5.53. The lowest BCUT2D eigenvalue weighted by atomic mass is 10.2. The van der Waals surface area contributed by atoms with Crippen LogP contribution in [0.5, 0.6) is 5.75 Å². The molecule has 1 N–H and O–H groups in total. The summed E-state index contributed by atoms with van der Waals surface area (Å²) in [7, 11) is 0. The molecule has 0 aliphatic carbocycles. The molecule has 4 aromatic rings. The van der Waals surface area contributed by atoms with Gasteiger partial charge in [-0.05, 0) is 36.4 Å². The van der Waals surface area contributed by atoms with E-state index in [1.54, 1.807) is 0 Å². The molecular weight excluding hydrogens is 374 g/mol. The number of aromatic nitrogens is 3. The molecule has 0 saturated carbocycles. The van der Waals surface area contributed by atoms with Crippen molar-refractivity contribution in [3.8, 4) is 17.1 Å². The molecule has 152 valence electrons. The van der Waals surface area contributed by atoms with Gasteiger partial charge in [0.05, 0.1) is 11.0 Å². The van der Waals surface area contributed by atoms with Crippen molar-refractivity contribution in [3.05, 3.63) is 72.9 Å². The molecule has 0 spiro atoms. The van der Waals surface area contributed by atoms with Crippen LogP contribution in [0.1, 0.15) is 0 Å². The number of nitrogens with zero attached hydrogens (tertiary/aromatic N) is 4. The van der Waals surface area contributed by atoms with E-state index in [1.165, 1.54) is 0 Å². The fraction of sp³-hybridized carbons (Fsp3) is 0.250. The second kappa shape index (κ2) is 8.55. The molecule has 1 aliphatic heterocycles. The number of piperazine rings is 1. The van der Waals surface area contributed by atoms with E-state index in [0.717, 1.165) is 66.7 Å². The Morgan fingerprint density at radius 3 is 2.43 bits per heavy atom. The van der Waals surface area contributed by atoms with Crippen LogP contribution >= 0.6 is 0 Å². The minimum absolute atomic E-state index is 0.717. The molecule has 1 fully saturated rings. The summed E-state index contributed by atoms with van der Waals surface area (Å²) >= 11 is 0. The number of anilines is 1. The van der Waals surface area contributed by atoms with Crippen LogP contribution in [0.2, 0.25) is 0 Å². The number of aromatic amines is 1. The Morgan fingerprint density at radius 1 is 0.867 bits per heavy atom. The minimum atomic E-state index is 0.717. The van der Waals surface area contributed by atoms with E-state index in [1.807, 2.05) is 60.8 Å². The highest BCUT2D eigenvalue weighted by Gasteiger charge is 2.18. The summed E-state index contributed by atoms with van der Waals surface area (Å²) in [6, 6.07) is 22.3. The largest absolute Gasteiger partial charge is 0.492 e. The average molecular weight is 399 g/mol. The fourth-order valence-corrected chi connectivity index (χ4v) is 3.81. The predicted octanol–water partition coefficient (Wildman–Crippen LogP) is 3.83. The Hall–Kier alpha value is -3.38. The van der Waals surface area contributed by atoms with E-state index in [2.05, 4.69) is 31.9 Å². The van der Waals surface area contributed by atoms with Gasteiger partial charge in [-0.1, -0.05) is 30.3 Å². The van der Waals surface area contributed by atoms with E-state index < -0.39 is 0 Å². The topological polar surface area (TPSA) is 57.3 Å². The van der Waals surface area contributed by atoms with Crippen LogP contribution in [-0.2, 0) is 0 Å². The Morgan fingerprint density at radius 2 is 1.67 bits per heavy atom. The number of ether oxygens (including phenoxy) is 1. The van der Waals surface area contributed by atoms with Gasteiger partial charge < -0.3 is 14.6 Å². The van der Waals surface area contributed by atoms with Gasteiger partial charge in [-0.2, -0.15) is 0 Å². The quantitative estimate of drug-likeness (QED) is 0.534. The summed E-state index contributed by atoms with van der Waals surface area (Å²) in [4.78, 5) is 17.5. The van der Waals surface area contributed by atoms with Crippen molar-refractivity contribution in [2.75, 3.05) is 44.2 Å². The number of H-pyrrole nitrogens is 1. The SMILES string of the molecule is c1ccc(OCCN2CCN(c3ccc(-c4nc5ccccc5[nH]4)cn3)CC2)cc1. The monoisotopic (exact) mass is 399 g/mol. The maximum atomic E-state index is 5.82. The van der Waals surface area contributed by atoms with Crippen LogP contribution in [0.4, 0.5) is 5.82 Å². The normalized spacial score (nSPS) is 14.9. The van der Waals surface area contributed by atoms with Crippen molar-refractivity contribution >= 4 is 16.9 Å². The van der Waals surface area contributed by atoms with Crippen molar-refractivity contribution in [2.24, 2.45) is 0 Å². The van der Waals surface area contributed by atoms with Gasteiger partial charge in [0.1, 0.15) is 24.0 Å². The highest BCUT2D eigenvalue weighted by molar-refractivity contribution is 5.79. The van der Waals surface area contributed by atoms with Gasteiger partial charge >= 0.3 is 0 Å². The van der Waals surface area contributed by atoms with E-state index >= 15 is 0 Å². The van der Waals surface area contributed by atoms with Crippen molar-refractivity contribution in [3.63, 3.8) is 0 Å². The Labute approximate surface area is 176 Å². The number of rotatable bonds is 6. The first kappa shape index (κ1) is 18.6.